The Bertz CT molecular complexity index is 715. The number of phenolic OH excluding ortho intramolecular Hbond substituents is 1. The molecule has 0 saturated heterocycles. The van der Waals surface area contributed by atoms with Crippen LogP contribution in [-0.2, 0) is 16.4 Å². The largest absolute Gasteiger partial charge is 0.508 e. The lowest BCUT2D eigenvalue weighted by atomic mass is 10.2. The number of hydrogen-bond acceptors (Lipinski definition) is 5. The van der Waals surface area contributed by atoms with Crippen molar-refractivity contribution in [1.29, 1.82) is 0 Å². The third-order valence-corrected chi connectivity index (χ3v) is 4.14. The van der Waals surface area contributed by atoms with Gasteiger partial charge in [0.1, 0.15) is 5.75 Å². The van der Waals surface area contributed by atoms with E-state index in [1.54, 1.807) is 24.3 Å². The molecule has 0 radical (unpaired) electrons. The number of aromatic hydroxyl groups is 1. The van der Waals surface area contributed by atoms with E-state index < -0.39 is 9.84 Å². The quantitative estimate of drug-likeness (QED) is 0.879. The number of phenols is 1. The number of aromatic nitrogens is 1. The fourth-order valence-corrected chi connectivity index (χ4v) is 2.57. The van der Waals surface area contributed by atoms with E-state index in [2.05, 4.69) is 26.2 Å². The minimum Gasteiger partial charge on any atom is -0.508 e. The number of anilines is 1. The predicted molar refractivity (Wildman–Crippen MR) is 80.5 cm³/mol. The topological polar surface area (TPSA) is 79.3 Å². The molecule has 106 valence electrons. The molecule has 0 spiro atoms. The van der Waals surface area contributed by atoms with Crippen LogP contribution in [-0.4, -0.2) is 24.8 Å². The van der Waals surface area contributed by atoms with Gasteiger partial charge in [-0.15, -0.1) is 0 Å². The fraction of sp³-hybridized carbons (Fsp3) is 0.154. The molecule has 7 heteroatoms. The Morgan fingerprint density at radius 1 is 1.30 bits per heavy atom. The van der Waals surface area contributed by atoms with Gasteiger partial charge in [0, 0.05) is 22.8 Å². The summed E-state index contributed by atoms with van der Waals surface area (Å²) in [6, 6.07) is 8.24. The van der Waals surface area contributed by atoms with E-state index in [0.717, 1.165) is 16.3 Å². The van der Waals surface area contributed by atoms with Crippen LogP contribution in [0.15, 0.2) is 46.0 Å². The zero-order chi connectivity index (χ0) is 14.8. The van der Waals surface area contributed by atoms with Crippen molar-refractivity contribution in [2.75, 3.05) is 11.6 Å². The molecular formula is C13H13BrN2O3S. The van der Waals surface area contributed by atoms with Gasteiger partial charge in [0.2, 0.25) is 0 Å². The van der Waals surface area contributed by atoms with Crippen molar-refractivity contribution in [3.63, 3.8) is 0 Å². The third-order valence-electron chi connectivity index (χ3n) is 2.64. The molecule has 1 heterocycles. The molecule has 2 aromatic rings. The van der Waals surface area contributed by atoms with Gasteiger partial charge in [-0.1, -0.05) is 15.9 Å². The highest BCUT2D eigenvalue weighted by atomic mass is 79.9. The van der Waals surface area contributed by atoms with Crippen molar-refractivity contribution in [2.45, 2.75) is 11.6 Å². The first-order valence-corrected chi connectivity index (χ1v) is 8.42. The number of rotatable bonds is 4. The standard InChI is InChI=1S/C13H13BrN2O3S/c1-20(18,19)13-5-3-11(8-16-13)15-7-9-6-10(14)2-4-12(9)17/h2-6,8,15,17H,7H2,1H3. The van der Waals surface area contributed by atoms with Gasteiger partial charge in [-0.2, -0.15) is 0 Å². The summed E-state index contributed by atoms with van der Waals surface area (Å²) in [6.07, 6.45) is 2.56. The highest BCUT2D eigenvalue weighted by Crippen LogP contribution is 2.22. The van der Waals surface area contributed by atoms with E-state index in [0.29, 0.717) is 12.2 Å². The van der Waals surface area contributed by atoms with Crippen molar-refractivity contribution < 1.29 is 13.5 Å². The first-order valence-electron chi connectivity index (χ1n) is 5.73. The zero-order valence-corrected chi connectivity index (χ0v) is 13.1. The van der Waals surface area contributed by atoms with Crippen LogP contribution in [0.25, 0.3) is 0 Å². The number of halogens is 1. The van der Waals surface area contributed by atoms with Gasteiger partial charge >= 0.3 is 0 Å². The average Bonchev–Trinajstić information content (AvgIpc) is 2.39. The van der Waals surface area contributed by atoms with Gasteiger partial charge in [-0.25, -0.2) is 13.4 Å². The molecule has 2 rings (SSSR count). The highest BCUT2D eigenvalue weighted by molar-refractivity contribution is 9.10. The van der Waals surface area contributed by atoms with Crippen molar-refractivity contribution in [2.24, 2.45) is 0 Å². The molecule has 1 aromatic heterocycles. The second-order valence-corrected chi connectivity index (χ2v) is 7.16. The van der Waals surface area contributed by atoms with Crippen LogP contribution in [0.3, 0.4) is 0 Å². The summed E-state index contributed by atoms with van der Waals surface area (Å²) in [6.45, 7) is 0.408. The van der Waals surface area contributed by atoms with E-state index in [1.807, 2.05) is 0 Å². The maximum atomic E-state index is 11.3. The SMILES string of the molecule is CS(=O)(=O)c1ccc(NCc2cc(Br)ccc2O)cn1. The molecule has 0 aliphatic rings. The summed E-state index contributed by atoms with van der Waals surface area (Å²) in [7, 11) is -3.28. The molecule has 0 amide bonds. The number of benzene rings is 1. The highest BCUT2D eigenvalue weighted by Gasteiger charge is 2.08. The lowest BCUT2D eigenvalue weighted by Gasteiger charge is -2.08. The average molecular weight is 357 g/mol. The zero-order valence-electron chi connectivity index (χ0n) is 10.7. The molecule has 0 atom stereocenters. The van der Waals surface area contributed by atoms with E-state index in [4.69, 9.17) is 0 Å². The Morgan fingerprint density at radius 3 is 2.65 bits per heavy atom. The van der Waals surface area contributed by atoms with Crippen LogP contribution in [0, 0.1) is 0 Å². The van der Waals surface area contributed by atoms with Gasteiger partial charge < -0.3 is 10.4 Å². The summed E-state index contributed by atoms with van der Waals surface area (Å²) >= 11 is 3.34. The molecule has 1 aromatic carbocycles. The molecule has 20 heavy (non-hydrogen) atoms. The molecule has 0 unspecified atom stereocenters. The van der Waals surface area contributed by atoms with Gasteiger partial charge in [-0.3, -0.25) is 0 Å². The van der Waals surface area contributed by atoms with Crippen LogP contribution in [0.4, 0.5) is 5.69 Å². The lowest BCUT2D eigenvalue weighted by molar-refractivity contribution is 0.469. The number of sulfone groups is 1. The van der Waals surface area contributed by atoms with Crippen LogP contribution in [0.2, 0.25) is 0 Å². The van der Waals surface area contributed by atoms with Gasteiger partial charge in [-0.05, 0) is 30.3 Å². The molecule has 0 fully saturated rings. The van der Waals surface area contributed by atoms with Crippen molar-refractivity contribution >= 4 is 31.5 Å². The van der Waals surface area contributed by atoms with E-state index in [9.17, 15) is 13.5 Å². The van der Waals surface area contributed by atoms with E-state index >= 15 is 0 Å². The second kappa shape index (κ2) is 5.80. The Hall–Kier alpha value is -1.60. The molecule has 2 N–H and O–H groups in total. The Morgan fingerprint density at radius 2 is 2.05 bits per heavy atom. The number of nitrogens with zero attached hydrogens (tertiary/aromatic N) is 1. The van der Waals surface area contributed by atoms with Crippen LogP contribution in [0.1, 0.15) is 5.56 Å². The number of nitrogens with one attached hydrogen (secondary N) is 1. The molecule has 5 nitrogen and oxygen atoms in total. The van der Waals surface area contributed by atoms with Gasteiger partial charge in [0.05, 0.1) is 11.9 Å². The molecule has 0 bridgehead atoms. The monoisotopic (exact) mass is 356 g/mol. The molecule has 0 aliphatic heterocycles. The van der Waals surface area contributed by atoms with Crippen molar-refractivity contribution in [3.8, 4) is 5.75 Å². The Labute approximate surface area is 125 Å². The smallest absolute Gasteiger partial charge is 0.192 e. The third kappa shape index (κ3) is 3.71. The molecular weight excluding hydrogens is 344 g/mol. The van der Waals surface area contributed by atoms with Crippen molar-refractivity contribution in [3.05, 3.63) is 46.6 Å². The summed E-state index contributed by atoms with van der Waals surface area (Å²) in [4.78, 5) is 3.88. The fourth-order valence-electron chi connectivity index (χ4n) is 1.60. The minimum atomic E-state index is -3.28. The van der Waals surface area contributed by atoms with Gasteiger partial charge in [0.25, 0.3) is 0 Å². The van der Waals surface area contributed by atoms with Crippen molar-refractivity contribution in [1.82, 2.24) is 4.98 Å². The Kier molecular flexibility index (Phi) is 4.29. The summed E-state index contributed by atoms with van der Waals surface area (Å²) in [5.74, 6) is 0.196. The van der Waals surface area contributed by atoms with Crippen LogP contribution < -0.4 is 5.32 Å². The number of hydrogen-bond donors (Lipinski definition) is 2. The molecule has 0 saturated carbocycles. The summed E-state index contributed by atoms with van der Waals surface area (Å²) in [5, 5.41) is 12.8. The number of pyridine rings is 1. The molecule has 0 aliphatic carbocycles. The minimum absolute atomic E-state index is 0.0355. The van der Waals surface area contributed by atoms with Gasteiger partial charge in [0.15, 0.2) is 14.9 Å². The van der Waals surface area contributed by atoms with E-state index in [1.165, 1.54) is 12.3 Å². The van der Waals surface area contributed by atoms with E-state index in [-0.39, 0.29) is 10.8 Å². The van der Waals surface area contributed by atoms with Crippen LogP contribution >= 0.6 is 15.9 Å². The normalized spacial score (nSPS) is 11.3. The first kappa shape index (κ1) is 14.8. The predicted octanol–water partition coefficient (Wildman–Crippen LogP) is 2.57. The van der Waals surface area contributed by atoms with Crippen LogP contribution in [0.5, 0.6) is 5.75 Å². The maximum Gasteiger partial charge on any atom is 0.192 e. The second-order valence-electron chi connectivity index (χ2n) is 4.28. The maximum absolute atomic E-state index is 11.3. The lowest BCUT2D eigenvalue weighted by Crippen LogP contribution is -2.03. The Balaban J connectivity index is 2.10. The summed E-state index contributed by atoms with van der Waals surface area (Å²) < 4.78 is 23.4. The first-order chi connectivity index (χ1) is 9.36. The summed E-state index contributed by atoms with van der Waals surface area (Å²) in [5.41, 5.74) is 1.41.